The number of nitrogens with two attached hydrogens (primary N) is 1. The van der Waals surface area contributed by atoms with Crippen molar-refractivity contribution in [2.45, 2.75) is 6.18 Å². The van der Waals surface area contributed by atoms with Gasteiger partial charge in [0.2, 0.25) is 0 Å². The topological polar surface area (TPSA) is 104 Å². The Kier molecular flexibility index (Phi) is 5.87. The highest BCUT2D eigenvalue weighted by molar-refractivity contribution is 14.1. The Labute approximate surface area is 152 Å². The maximum absolute atomic E-state index is 11.9. The highest BCUT2D eigenvalue weighted by Gasteiger charge is 2.42. The summed E-state index contributed by atoms with van der Waals surface area (Å²) in [5.74, 6) is -1.79. The van der Waals surface area contributed by atoms with Crippen molar-refractivity contribution >= 4 is 51.2 Å². The summed E-state index contributed by atoms with van der Waals surface area (Å²) in [6.45, 7) is -0.225. The fraction of sp³-hybridized carbons (Fsp3) is 0.214. The molecule has 0 aliphatic carbocycles. The predicted molar refractivity (Wildman–Crippen MR) is 89.9 cm³/mol. The number of alkyl carbamates (subject to hydrolysis) is 1. The number of nitrogens with one attached hydrogen (secondary N) is 1. The summed E-state index contributed by atoms with van der Waals surface area (Å²) in [7, 11) is 0. The maximum Gasteiger partial charge on any atom is 0.491 e. The number of benzene rings is 1. The first kappa shape index (κ1) is 19.0. The van der Waals surface area contributed by atoms with Crippen LogP contribution in [0.2, 0.25) is 0 Å². The number of nitrogen functional groups attached to an aromatic ring is 1. The van der Waals surface area contributed by atoms with Gasteiger partial charge in [0.15, 0.2) is 0 Å². The monoisotopic (exact) mass is 469 g/mol. The number of hydrogen-bond acceptors (Lipinski definition) is 6. The van der Waals surface area contributed by atoms with Gasteiger partial charge in [-0.1, -0.05) is 0 Å². The van der Waals surface area contributed by atoms with Gasteiger partial charge in [0.05, 0.1) is 10.1 Å². The Morgan fingerprint density at radius 2 is 2.04 bits per heavy atom. The van der Waals surface area contributed by atoms with Crippen LogP contribution in [-0.2, 0) is 9.53 Å². The molecule has 0 saturated carbocycles. The molecule has 1 aromatic carbocycles. The zero-order valence-electron chi connectivity index (χ0n) is 12.4. The Bertz CT molecular complexity index is 814. The van der Waals surface area contributed by atoms with Gasteiger partial charge in [-0.2, -0.15) is 13.2 Å². The van der Waals surface area contributed by atoms with E-state index in [1.165, 1.54) is 0 Å². The number of alkyl halides is 3. The van der Waals surface area contributed by atoms with Crippen LogP contribution in [0.25, 0.3) is 10.8 Å². The number of anilines is 1. The first-order chi connectivity index (χ1) is 11.7. The number of nitrogens with zero attached hydrogens (tertiary/aromatic N) is 1. The third-order valence-electron chi connectivity index (χ3n) is 2.89. The van der Waals surface area contributed by atoms with Crippen LogP contribution in [0.5, 0.6) is 5.75 Å². The van der Waals surface area contributed by atoms with Crippen LogP contribution in [0.4, 0.5) is 23.8 Å². The smallest absolute Gasteiger partial charge is 0.491 e. The zero-order valence-corrected chi connectivity index (χ0v) is 14.6. The van der Waals surface area contributed by atoms with Gasteiger partial charge in [0.1, 0.15) is 18.2 Å². The molecule has 0 atom stereocenters. The molecule has 0 saturated heterocycles. The third-order valence-corrected chi connectivity index (χ3v) is 3.74. The van der Waals surface area contributed by atoms with E-state index < -0.39 is 18.2 Å². The summed E-state index contributed by atoms with van der Waals surface area (Å²) in [5.41, 5.74) is 5.78. The Morgan fingerprint density at radius 3 is 2.72 bits per heavy atom. The summed E-state index contributed by atoms with van der Waals surface area (Å²) in [6.07, 6.45) is -5.16. The van der Waals surface area contributed by atoms with Crippen LogP contribution in [0.1, 0.15) is 0 Å². The minimum Gasteiger partial charge on any atom is -0.491 e. The Balaban J connectivity index is 1.89. The first-order valence-corrected chi connectivity index (χ1v) is 7.79. The number of amides is 1. The molecule has 0 aliphatic heterocycles. The van der Waals surface area contributed by atoms with E-state index in [1.807, 2.05) is 34.0 Å². The number of aromatic nitrogens is 1. The van der Waals surface area contributed by atoms with Gasteiger partial charge in [-0.25, -0.2) is 14.6 Å². The number of carbonyl (C=O) groups excluding carboxylic acids is 2. The van der Waals surface area contributed by atoms with E-state index in [0.717, 1.165) is 8.96 Å². The lowest BCUT2D eigenvalue weighted by Crippen LogP contribution is -2.35. The van der Waals surface area contributed by atoms with Gasteiger partial charge in [-0.3, -0.25) is 0 Å². The van der Waals surface area contributed by atoms with Crippen molar-refractivity contribution in [3.05, 3.63) is 28.0 Å². The van der Waals surface area contributed by atoms with Crippen molar-refractivity contribution in [3.63, 3.8) is 0 Å². The summed E-state index contributed by atoms with van der Waals surface area (Å²) >= 11 is 2.04. The molecule has 7 nitrogen and oxygen atoms in total. The molecule has 0 radical (unpaired) electrons. The number of fused-ring (bicyclic) bond motifs is 1. The maximum atomic E-state index is 11.9. The van der Waals surface area contributed by atoms with E-state index in [9.17, 15) is 22.8 Å². The molecule has 2 aromatic rings. The van der Waals surface area contributed by atoms with Crippen molar-refractivity contribution in [2.24, 2.45) is 0 Å². The van der Waals surface area contributed by atoms with Crippen LogP contribution in [0, 0.1) is 3.57 Å². The van der Waals surface area contributed by atoms with E-state index in [4.69, 9.17) is 10.5 Å². The number of ether oxygens (including phenoxy) is 2. The lowest BCUT2D eigenvalue weighted by molar-refractivity contribution is -0.192. The van der Waals surface area contributed by atoms with Crippen LogP contribution < -0.4 is 15.8 Å². The highest BCUT2D eigenvalue weighted by atomic mass is 127. The number of pyridine rings is 1. The lowest BCUT2D eigenvalue weighted by Gasteiger charge is -2.11. The minimum absolute atomic E-state index is 0.0585. The van der Waals surface area contributed by atoms with Crippen molar-refractivity contribution in [3.8, 4) is 5.75 Å². The summed E-state index contributed by atoms with van der Waals surface area (Å²) in [6, 6.07) is 5.28. The molecule has 1 aromatic heterocycles. The van der Waals surface area contributed by atoms with Crippen molar-refractivity contribution in [1.82, 2.24) is 10.3 Å². The molecule has 3 N–H and O–H groups in total. The quantitative estimate of drug-likeness (QED) is 0.309. The second-order valence-electron chi connectivity index (χ2n) is 4.65. The van der Waals surface area contributed by atoms with Gasteiger partial charge in [0, 0.05) is 11.6 Å². The summed E-state index contributed by atoms with van der Waals surface area (Å²) in [4.78, 5) is 25.5. The standard InChI is InChI=1S/C14H11F3IN3O4/c15-14(16,17)12(22)25-13(23)21-3-4-24-10-6-8-7(5-9(10)18)1-2-20-11(8)19/h1-2,5-6H,3-4H2,(H2,19,20)(H,21,23). The first-order valence-electron chi connectivity index (χ1n) is 6.72. The molecule has 1 heterocycles. The number of hydrogen-bond donors (Lipinski definition) is 2. The molecule has 0 aliphatic rings. The fourth-order valence-corrected chi connectivity index (χ4v) is 2.45. The summed E-state index contributed by atoms with van der Waals surface area (Å²) in [5, 5.41) is 3.53. The zero-order chi connectivity index (χ0) is 18.6. The van der Waals surface area contributed by atoms with E-state index >= 15 is 0 Å². The Hall–Kier alpha value is -2.31. The molecule has 0 bridgehead atoms. The number of halogens is 4. The molecule has 1 amide bonds. The molecule has 0 fully saturated rings. The second kappa shape index (κ2) is 7.72. The number of carbonyl (C=O) groups is 2. The SMILES string of the molecule is Nc1nccc2cc(I)c(OCCNC(=O)OC(=O)C(F)(F)F)cc12. The molecule has 0 spiro atoms. The number of esters is 1. The lowest BCUT2D eigenvalue weighted by atomic mass is 10.1. The van der Waals surface area contributed by atoms with Gasteiger partial charge in [-0.15, -0.1) is 0 Å². The molecule has 2 rings (SSSR count). The molecular weight excluding hydrogens is 458 g/mol. The van der Waals surface area contributed by atoms with Crippen LogP contribution >= 0.6 is 22.6 Å². The number of rotatable bonds is 4. The third kappa shape index (κ3) is 5.08. The van der Waals surface area contributed by atoms with Gasteiger partial charge in [-0.05, 0) is 46.2 Å². The Morgan fingerprint density at radius 1 is 1.32 bits per heavy atom. The minimum atomic E-state index is -5.23. The molecule has 0 unspecified atom stereocenters. The largest absolute Gasteiger partial charge is 0.491 e. The van der Waals surface area contributed by atoms with E-state index in [-0.39, 0.29) is 13.2 Å². The van der Waals surface area contributed by atoms with Gasteiger partial charge >= 0.3 is 18.2 Å². The average molecular weight is 469 g/mol. The molecule has 11 heteroatoms. The fourth-order valence-electron chi connectivity index (χ4n) is 1.80. The van der Waals surface area contributed by atoms with Crippen LogP contribution in [0.15, 0.2) is 24.4 Å². The van der Waals surface area contributed by atoms with Crippen molar-refractivity contribution in [2.75, 3.05) is 18.9 Å². The van der Waals surface area contributed by atoms with Crippen LogP contribution in [0.3, 0.4) is 0 Å². The molecular formula is C14H11F3IN3O4. The van der Waals surface area contributed by atoms with Crippen LogP contribution in [-0.4, -0.2) is 36.4 Å². The summed E-state index contributed by atoms with van der Waals surface area (Å²) < 4.78 is 45.6. The predicted octanol–water partition coefficient (Wildman–Crippen LogP) is 2.62. The van der Waals surface area contributed by atoms with Gasteiger partial charge in [0.25, 0.3) is 0 Å². The molecule has 134 valence electrons. The average Bonchev–Trinajstić information content (AvgIpc) is 2.51. The molecule has 25 heavy (non-hydrogen) atoms. The highest BCUT2D eigenvalue weighted by Crippen LogP contribution is 2.29. The second-order valence-corrected chi connectivity index (χ2v) is 5.81. The van der Waals surface area contributed by atoms with Gasteiger partial charge < -0.3 is 20.5 Å². The van der Waals surface area contributed by atoms with Crippen molar-refractivity contribution in [1.29, 1.82) is 0 Å². The van der Waals surface area contributed by atoms with E-state index in [1.54, 1.807) is 18.3 Å². The van der Waals surface area contributed by atoms with Crippen molar-refractivity contribution < 1.29 is 32.2 Å². The normalized spacial score (nSPS) is 11.2. The van der Waals surface area contributed by atoms with E-state index in [0.29, 0.717) is 17.0 Å². The van der Waals surface area contributed by atoms with E-state index in [2.05, 4.69) is 9.72 Å².